The fourth-order valence-electron chi connectivity index (χ4n) is 4.06. The van der Waals surface area contributed by atoms with Crippen LogP contribution < -0.4 is 5.32 Å². The number of morpholine rings is 1. The van der Waals surface area contributed by atoms with E-state index in [2.05, 4.69) is 28.2 Å². The maximum absolute atomic E-state index is 11.9. The summed E-state index contributed by atoms with van der Waals surface area (Å²) in [7, 11) is 1.87. The molecule has 1 aliphatic rings. The van der Waals surface area contributed by atoms with E-state index >= 15 is 0 Å². The maximum Gasteiger partial charge on any atom is 0.157 e. The third kappa shape index (κ3) is 9.54. The smallest absolute Gasteiger partial charge is 0.157 e. The van der Waals surface area contributed by atoms with Gasteiger partial charge in [-0.2, -0.15) is 0 Å². The lowest BCUT2D eigenvalue weighted by Crippen LogP contribution is -2.36. The van der Waals surface area contributed by atoms with Crippen molar-refractivity contribution < 1.29 is 14.6 Å². The highest BCUT2D eigenvalue weighted by molar-refractivity contribution is 5.60. The van der Waals surface area contributed by atoms with Gasteiger partial charge in [0.15, 0.2) is 5.60 Å². The van der Waals surface area contributed by atoms with Crippen molar-refractivity contribution in [3.05, 3.63) is 76.5 Å². The molecule has 0 amide bonds. The lowest BCUT2D eigenvalue weighted by atomic mass is 9.80. The third-order valence-corrected chi connectivity index (χ3v) is 6.14. The Morgan fingerprint density at radius 3 is 2.35 bits per heavy atom. The normalized spacial score (nSPS) is 15.3. The Kier molecular flexibility index (Phi) is 17.0. The molecule has 206 valence electrons. The number of anilines is 1. The van der Waals surface area contributed by atoms with Gasteiger partial charge in [-0.15, -0.1) is 0 Å². The van der Waals surface area contributed by atoms with Crippen LogP contribution in [0, 0.1) is 13.8 Å². The van der Waals surface area contributed by atoms with Crippen molar-refractivity contribution in [2.24, 2.45) is 4.99 Å². The number of nitrogens with one attached hydrogen (secondary N) is 1. The molecule has 1 heterocycles. The molecular formula is C31H49N3O3. The molecule has 37 heavy (non-hydrogen) atoms. The van der Waals surface area contributed by atoms with Crippen molar-refractivity contribution in [3.8, 4) is 0 Å². The predicted molar refractivity (Wildman–Crippen MR) is 159 cm³/mol. The first-order valence-electron chi connectivity index (χ1n) is 12.9. The SMILES string of the molecule is C.CC.CC=N/C(=C\C)C(O)(c1cccc(NC)c1)c1cccc(C)c1C.O=CCCN1CCOCC1. The van der Waals surface area contributed by atoms with E-state index in [0.29, 0.717) is 12.1 Å². The summed E-state index contributed by atoms with van der Waals surface area (Å²) in [5.74, 6) is 0. The molecule has 0 radical (unpaired) electrons. The van der Waals surface area contributed by atoms with Gasteiger partial charge in [-0.05, 0) is 62.1 Å². The Labute approximate surface area is 225 Å². The average Bonchev–Trinajstić information content (AvgIpc) is 2.93. The Morgan fingerprint density at radius 1 is 1.14 bits per heavy atom. The number of hydrogen-bond donors (Lipinski definition) is 2. The van der Waals surface area contributed by atoms with Crippen LogP contribution in [0.1, 0.15) is 63.8 Å². The summed E-state index contributed by atoms with van der Waals surface area (Å²) in [6.45, 7) is 16.4. The number of aliphatic hydroxyl groups is 1. The monoisotopic (exact) mass is 511 g/mol. The number of carbonyl (C=O) groups is 1. The first-order valence-corrected chi connectivity index (χ1v) is 12.9. The standard InChI is InChI=1S/C21H26N2O.C7H13NO2.C2H6.CH4/c1-6-20(23-7-2)21(24,17-11-9-12-18(14-17)22-5)19-13-8-10-15(3)16(19)4;9-5-1-2-8-3-6-10-7-4-8;1-2;/h6-14,22,24H,1-5H3;5H,1-4,6-7H2;1-2H3;1H4/b20-6-,23-7?;;;. The van der Waals surface area contributed by atoms with E-state index in [1.165, 1.54) is 0 Å². The second-order valence-electron chi connectivity index (χ2n) is 8.26. The van der Waals surface area contributed by atoms with Crippen LogP contribution in [-0.4, -0.2) is 62.4 Å². The van der Waals surface area contributed by atoms with E-state index in [-0.39, 0.29) is 7.43 Å². The Hall–Kier alpha value is -2.80. The van der Waals surface area contributed by atoms with Crippen molar-refractivity contribution in [1.82, 2.24) is 4.90 Å². The summed E-state index contributed by atoms with van der Waals surface area (Å²) >= 11 is 0. The highest BCUT2D eigenvalue weighted by Crippen LogP contribution is 2.40. The number of ether oxygens (including phenoxy) is 1. The molecule has 0 aliphatic carbocycles. The van der Waals surface area contributed by atoms with E-state index in [1.807, 2.05) is 84.1 Å². The molecule has 3 rings (SSSR count). The largest absolute Gasteiger partial charge is 0.388 e. The van der Waals surface area contributed by atoms with Crippen LogP contribution in [0.25, 0.3) is 0 Å². The number of nitrogens with zero attached hydrogens (tertiary/aromatic N) is 2. The topological polar surface area (TPSA) is 74.2 Å². The van der Waals surface area contributed by atoms with Crippen molar-refractivity contribution in [1.29, 1.82) is 0 Å². The highest BCUT2D eigenvalue weighted by Gasteiger charge is 2.37. The van der Waals surface area contributed by atoms with Crippen LogP contribution in [0.2, 0.25) is 0 Å². The van der Waals surface area contributed by atoms with Crippen LogP contribution in [0.3, 0.4) is 0 Å². The highest BCUT2D eigenvalue weighted by atomic mass is 16.5. The van der Waals surface area contributed by atoms with Gasteiger partial charge in [-0.25, -0.2) is 0 Å². The van der Waals surface area contributed by atoms with Gasteiger partial charge in [-0.3, -0.25) is 9.89 Å². The maximum atomic E-state index is 11.9. The molecule has 1 fully saturated rings. The molecular weight excluding hydrogens is 462 g/mol. The molecule has 1 aliphatic heterocycles. The van der Waals surface area contributed by atoms with Gasteiger partial charge in [0.25, 0.3) is 0 Å². The van der Waals surface area contributed by atoms with Crippen LogP contribution >= 0.6 is 0 Å². The molecule has 2 N–H and O–H groups in total. The van der Waals surface area contributed by atoms with E-state index in [1.54, 1.807) is 6.21 Å². The Balaban J connectivity index is 0.000000836. The molecule has 2 aromatic carbocycles. The number of aliphatic imine (C=N–C) groups is 1. The Morgan fingerprint density at radius 2 is 1.78 bits per heavy atom. The molecule has 0 aromatic heterocycles. The number of allylic oxidation sites excluding steroid dienone is 1. The van der Waals surface area contributed by atoms with Crippen LogP contribution in [0.15, 0.2) is 59.2 Å². The number of hydrogen-bond acceptors (Lipinski definition) is 6. The van der Waals surface area contributed by atoms with Crippen LogP contribution in [0.4, 0.5) is 5.69 Å². The summed E-state index contributed by atoms with van der Waals surface area (Å²) in [6.07, 6.45) is 5.20. The fourth-order valence-corrected chi connectivity index (χ4v) is 4.06. The minimum atomic E-state index is -1.30. The van der Waals surface area contributed by atoms with Crippen LogP contribution in [-0.2, 0) is 15.1 Å². The van der Waals surface area contributed by atoms with Crippen molar-refractivity contribution >= 4 is 18.2 Å². The number of benzene rings is 2. The van der Waals surface area contributed by atoms with Crippen molar-refractivity contribution in [2.75, 3.05) is 45.2 Å². The van der Waals surface area contributed by atoms with E-state index in [0.717, 1.165) is 67.1 Å². The van der Waals surface area contributed by atoms with Gasteiger partial charge in [-0.1, -0.05) is 57.7 Å². The zero-order valence-corrected chi connectivity index (χ0v) is 23.2. The molecule has 6 heteroatoms. The van der Waals surface area contributed by atoms with Gasteiger partial charge in [0, 0.05) is 45.0 Å². The molecule has 2 aromatic rings. The van der Waals surface area contributed by atoms with E-state index in [4.69, 9.17) is 4.74 Å². The Bertz CT molecular complexity index is 981. The van der Waals surface area contributed by atoms with Gasteiger partial charge < -0.3 is 20.0 Å². The van der Waals surface area contributed by atoms with E-state index < -0.39 is 5.60 Å². The zero-order valence-electron chi connectivity index (χ0n) is 23.2. The van der Waals surface area contributed by atoms with Gasteiger partial charge >= 0.3 is 0 Å². The molecule has 6 nitrogen and oxygen atoms in total. The lowest BCUT2D eigenvalue weighted by molar-refractivity contribution is -0.108. The third-order valence-electron chi connectivity index (χ3n) is 6.14. The second kappa shape index (κ2) is 18.4. The number of aldehydes is 1. The molecule has 1 unspecified atom stereocenters. The quantitative estimate of drug-likeness (QED) is 0.329. The summed E-state index contributed by atoms with van der Waals surface area (Å²) in [6, 6.07) is 13.8. The van der Waals surface area contributed by atoms with Gasteiger partial charge in [0.1, 0.15) is 6.29 Å². The second-order valence-corrected chi connectivity index (χ2v) is 8.26. The number of carbonyl (C=O) groups excluding carboxylic acids is 1. The van der Waals surface area contributed by atoms with Crippen LogP contribution in [0.5, 0.6) is 0 Å². The summed E-state index contributed by atoms with van der Waals surface area (Å²) in [4.78, 5) is 16.7. The molecule has 0 bridgehead atoms. The van der Waals surface area contributed by atoms with Crippen molar-refractivity contribution in [2.45, 2.75) is 61.0 Å². The fraction of sp³-hybridized carbons (Fsp3) is 0.484. The number of aryl methyl sites for hydroxylation is 1. The summed E-state index contributed by atoms with van der Waals surface area (Å²) < 4.78 is 5.15. The first-order chi connectivity index (χ1) is 17.4. The summed E-state index contributed by atoms with van der Waals surface area (Å²) in [5.41, 5.74) is 4.13. The van der Waals surface area contributed by atoms with Crippen molar-refractivity contribution in [3.63, 3.8) is 0 Å². The first kappa shape index (κ1) is 34.2. The minimum Gasteiger partial charge on any atom is -0.388 e. The molecule has 1 atom stereocenters. The van der Waals surface area contributed by atoms with Gasteiger partial charge in [0.2, 0.25) is 0 Å². The lowest BCUT2D eigenvalue weighted by Gasteiger charge is -2.32. The zero-order chi connectivity index (χ0) is 27.0. The minimum absolute atomic E-state index is 0. The predicted octanol–water partition coefficient (Wildman–Crippen LogP) is 6.15. The number of rotatable bonds is 8. The molecule has 1 saturated heterocycles. The molecule has 0 saturated carbocycles. The van der Waals surface area contributed by atoms with Gasteiger partial charge in [0.05, 0.1) is 18.9 Å². The van der Waals surface area contributed by atoms with E-state index in [9.17, 15) is 9.90 Å². The average molecular weight is 512 g/mol. The molecule has 0 spiro atoms. The summed E-state index contributed by atoms with van der Waals surface area (Å²) in [5, 5.41) is 15.0.